The molecule has 1 heterocycles. The molecule has 0 saturated heterocycles. The number of nitrogens with zero attached hydrogens (tertiary/aromatic N) is 2. The molecule has 9 aromatic carbocycles. The van der Waals surface area contributed by atoms with Gasteiger partial charge in [-0.15, -0.1) is 0 Å². The molecule has 0 spiro atoms. The molecule has 0 bridgehead atoms. The van der Waals surface area contributed by atoms with Gasteiger partial charge in [0.05, 0.1) is 11.0 Å². The monoisotopic (exact) mass is 742 g/mol. The van der Waals surface area contributed by atoms with Crippen LogP contribution in [-0.4, -0.2) is 4.57 Å². The average molecular weight is 743 g/mol. The molecule has 1 aromatic heterocycles. The van der Waals surface area contributed by atoms with Crippen molar-refractivity contribution in [3.05, 3.63) is 217 Å². The Morgan fingerprint density at radius 3 is 1.48 bits per heavy atom. The summed E-state index contributed by atoms with van der Waals surface area (Å²) in [4.78, 5) is 2.35. The van der Waals surface area contributed by atoms with Crippen LogP contribution in [-0.2, 0) is 0 Å². The van der Waals surface area contributed by atoms with E-state index in [0.717, 1.165) is 22.7 Å². The molecule has 0 radical (unpaired) electrons. The number of benzene rings is 9. The van der Waals surface area contributed by atoms with E-state index in [2.05, 4.69) is 242 Å². The molecule has 0 amide bonds. The smallest absolute Gasteiger partial charge is 0.0547 e. The van der Waals surface area contributed by atoms with Crippen LogP contribution in [0.5, 0.6) is 0 Å². The third kappa shape index (κ3) is 6.26. The predicted octanol–water partition coefficient (Wildman–Crippen LogP) is 14.0. The lowest BCUT2D eigenvalue weighted by Crippen LogP contribution is -2.24. The van der Waals surface area contributed by atoms with Crippen LogP contribution in [0.25, 0.3) is 83.8 Å². The number of aromatic nitrogens is 1. The van der Waals surface area contributed by atoms with Gasteiger partial charge >= 0.3 is 0 Å². The molecule has 0 atom stereocenters. The number of para-hydroxylation sites is 1. The molecule has 10 rings (SSSR count). The van der Waals surface area contributed by atoms with E-state index in [0.29, 0.717) is 0 Å². The Balaban J connectivity index is 0.997. The highest BCUT2D eigenvalue weighted by Gasteiger charge is 2.16. The first-order valence-electron chi connectivity index (χ1n) is 20.1. The second kappa shape index (κ2) is 14.9. The number of hydrogen-bond acceptors (Lipinski definition) is 1. The molecule has 2 nitrogen and oxygen atoms in total. The van der Waals surface area contributed by atoms with E-state index < -0.39 is 0 Å². The van der Waals surface area contributed by atoms with E-state index in [9.17, 15) is 0 Å². The van der Waals surface area contributed by atoms with Crippen LogP contribution in [0.15, 0.2) is 206 Å². The van der Waals surface area contributed by atoms with Gasteiger partial charge < -0.3 is 9.47 Å². The molecule has 0 saturated carbocycles. The average Bonchev–Trinajstić information content (AvgIpc) is 3.64. The lowest BCUT2D eigenvalue weighted by molar-refractivity contribution is 1.18. The van der Waals surface area contributed by atoms with Crippen molar-refractivity contribution in [3.8, 4) is 39.1 Å². The van der Waals surface area contributed by atoms with Crippen LogP contribution in [0, 0.1) is 0 Å². The zero-order valence-corrected chi connectivity index (χ0v) is 32.7. The summed E-state index contributed by atoms with van der Waals surface area (Å²) in [7, 11) is 0. The van der Waals surface area contributed by atoms with Crippen molar-refractivity contribution in [2.75, 3.05) is 4.90 Å². The fourth-order valence-electron chi connectivity index (χ4n) is 8.60. The van der Waals surface area contributed by atoms with Gasteiger partial charge in [-0.3, -0.25) is 0 Å². The van der Waals surface area contributed by atoms with Crippen molar-refractivity contribution in [1.82, 2.24) is 4.57 Å². The van der Waals surface area contributed by atoms with Crippen molar-refractivity contribution in [3.63, 3.8) is 0 Å². The Kier molecular flexibility index (Phi) is 9.01. The van der Waals surface area contributed by atoms with E-state index >= 15 is 0 Å². The van der Waals surface area contributed by atoms with Gasteiger partial charge in [-0.1, -0.05) is 152 Å². The SMILES string of the molecule is C/C=c1/ccc2c(/c1=C/C)c1ccccc1n2-c1ccc(-c2ccc(N(c3ccc(-c4ccccc4)cc3)c3ccc(-c4ccc5ccccc5c4)cc3)cc2)cc1. The molecular weight excluding hydrogens is 701 g/mol. The summed E-state index contributed by atoms with van der Waals surface area (Å²) in [6.07, 6.45) is 4.44. The van der Waals surface area contributed by atoms with Crippen molar-refractivity contribution in [1.29, 1.82) is 0 Å². The van der Waals surface area contributed by atoms with E-state index in [-0.39, 0.29) is 0 Å². The maximum absolute atomic E-state index is 2.40. The van der Waals surface area contributed by atoms with Gasteiger partial charge in [0, 0.05) is 33.5 Å². The molecule has 58 heavy (non-hydrogen) atoms. The first-order valence-corrected chi connectivity index (χ1v) is 20.1. The molecule has 276 valence electrons. The van der Waals surface area contributed by atoms with Crippen LogP contribution in [0.1, 0.15) is 13.8 Å². The molecule has 0 fully saturated rings. The van der Waals surface area contributed by atoms with E-state index in [1.807, 2.05) is 0 Å². The summed E-state index contributed by atoms with van der Waals surface area (Å²) in [5.41, 5.74) is 14.1. The number of fused-ring (bicyclic) bond motifs is 4. The van der Waals surface area contributed by atoms with Crippen molar-refractivity contribution in [2.45, 2.75) is 13.8 Å². The van der Waals surface area contributed by atoms with E-state index in [1.54, 1.807) is 0 Å². The summed E-state index contributed by atoms with van der Waals surface area (Å²) >= 11 is 0. The van der Waals surface area contributed by atoms with Crippen molar-refractivity contribution in [2.24, 2.45) is 0 Å². The molecule has 2 heteroatoms. The quantitative estimate of drug-likeness (QED) is 0.158. The zero-order chi connectivity index (χ0) is 39.0. The lowest BCUT2D eigenvalue weighted by Gasteiger charge is -2.26. The van der Waals surface area contributed by atoms with Crippen LogP contribution < -0.4 is 15.3 Å². The second-order valence-electron chi connectivity index (χ2n) is 14.8. The maximum atomic E-state index is 2.40. The minimum Gasteiger partial charge on any atom is -0.311 e. The Morgan fingerprint density at radius 2 is 0.879 bits per heavy atom. The van der Waals surface area contributed by atoms with Crippen molar-refractivity contribution >= 4 is 61.8 Å². The number of rotatable bonds is 7. The molecule has 0 aliphatic heterocycles. The van der Waals surface area contributed by atoms with Gasteiger partial charge in [-0.25, -0.2) is 0 Å². The Morgan fingerprint density at radius 1 is 0.379 bits per heavy atom. The standard InChI is InChI=1S/C56H42N2/c1-3-39-28-37-55-56(52(39)4-2)53-16-10-11-17-54(53)58(55)51-35-24-44(25-36-51)43-22-31-49(32-23-43)57(48-29-20-42(21-30-48)40-12-6-5-7-13-40)50-33-26-45(27-34-50)47-19-18-41-14-8-9-15-46(41)38-47/h3-38H,1-2H3/b39-3-,52-4+. The summed E-state index contributed by atoms with van der Waals surface area (Å²) in [6.45, 7) is 4.25. The van der Waals surface area contributed by atoms with Gasteiger partial charge in [-0.05, 0) is 135 Å². The third-order valence-electron chi connectivity index (χ3n) is 11.5. The van der Waals surface area contributed by atoms with E-state index in [4.69, 9.17) is 0 Å². The summed E-state index contributed by atoms with van der Waals surface area (Å²) in [5.74, 6) is 0. The molecule has 0 aliphatic carbocycles. The highest BCUT2D eigenvalue weighted by molar-refractivity contribution is 6.09. The third-order valence-corrected chi connectivity index (χ3v) is 11.5. The van der Waals surface area contributed by atoms with E-state index in [1.165, 1.54) is 76.4 Å². The Labute approximate surface area is 339 Å². The summed E-state index contributed by atoms with van der Waals surface area (Å²) in [6, 6.07) is 74.9. The predicted molar refractivity (Wildman–Crippen MR) is 249 cm³/mol. The van der Waals surface area contributed by atoms with Gasteiger partial charge in [0.2, 0.25) is 0 Å². The molecule has 0 N–H and O–H groups in total. The highest BCUT2D eigenvalue weighted by atomic mass is 15.1. The minimum absolute atomic E-state index is 1.10. The first-order chi connectivity index (χ1) is 28.7. The fraction of sp³-hybridized carbons (Fsp3) is 0.0357. The Bertz CT molecular complexity index is 3190. The van der Waals surface area contributed by atoms with Gasteiger partial charge in [0.1, 0.15) is 0 Å². The largest absolute Gasteiger partial charge is 0.311 e. The Hall–Kier alpha value is -7.42. The summed E-state index contributed by atoms with van der Waals surface area (Å²) < 4.78 is 2.40. The second-order valence-corrected chi connectivity index (χ2v) is 14.8. The maximum Gasteiger partial charge on any atom is 0.0547 e. The van der Waals surface area contributed by atoms with Crippen molar-refractivity contribution < 1.29 is 0 Å². The van der Waals surface area contributed by atoms with Crippen LogP contribution in [0.4, 0.5) is 17.1 Å². The molecule has 0 aliphatic rings. The minimum atomic E-state index is 1.10. The molecule has 10 aromatic rings. The molecular formula is C56H42N2. The zero-order valence-electron chi connectivity index (χ0n) is 32.7. The number of anilines is 3. The van der Waals surface area contributed by atoms with Crippen LogP contribution in [0.2, 0.25) is 0 Å². The first kappa shape index (κ1) is 35.0. The number of hydrogen-bond donors (Lipinski definition) is 0. The summed E-state index contributed by atoms with van der Waals surface area (Å²) in [5, 5.41) is 7.63. The van der Waals surface area contributed by atoms with Gasteiger partial charge in [0.25, 0.3) is 0 Å². The van der Waals surface area contributed by atoms with Crippen LogP contribution >= 0.6 is 0 Å². The molecule has 0 unspecified atom stereocenters. The van der Waals surface area contributed by atoms with Crippen LogP contribution in [0.3, 0.4) is 0 Å². The normalized spacial score (nSPS) is 12.2. The van der Waals surface area contributed by atoms with Gasteiger partial charge in [0.15, 0.2) is 0 Å². The lowest BCUT2D eigenvalue weighted by atomic mass is 10.0. The topological polar surface area (TPSA) is 8.17 Å². The highest BCUT2D eigenvalue weighted by Crippen LogP contribution is 2.38. The van der Waals surface area contributed by atoms with Gasteiger partial charge in [-0.2, -0.15) is 0 Å². The fourth-order valence-corrected chi connectivity index (χ4v) is 8.60.